The highest BCUT2D eigenvalue weighted by Crippen LogP contribution is 2.42. The monoisotopic (exact) mass is 515 g/mol. The Kier molecular flexibility index (Phi) is 6.38. The van der Waals surface area contributed by atoms with E-state index in [1.54, 1.807) is 18.2 Å². The molecule has 6 rings (SSSR count). The van der Waals surface area contributed by atoms with Gasteiger partial charge in [-0.2, -0.15) is 0 Å². The number of para-hydroxylation sites is 1. The minimum absolute atomic E-state index is 0.250. The lowest BCUT2D eigenvalue weighted by molar-refractivity contribution is -0.127. The molecule has 1 atom stereocenters. The Labute approximate surface area is 220 Å². The molecule has 2 aliphatic heterocycles. The summed E-state index contributed by atoms with van der Waals surface area (Å²) in [5.41, 5.74) is 3.74. The number of carbonyl (C=O) groups is 1. The molecule has 0 saturated carbocycles. The number of anilines is 2. The largest absolute Gasteiger partial charge is 0.343 e. The first kappa shape index (κ1) is 23.7. The van der Waals surface area contributed by atoms with Gasteiger partial charge < -0.3 is 9.80 Å². The van der Waals surface area contributed by atoms with Crippen LogP contribution in [0.1, 0.15) is 36.3 Å². The predicted molar refractivity (Wildman–Crippen MR) is 143 cm³/mol. The van der Waals surface area contributed by atoms with Crippen molar-refractivity contribution < 1.29 is 9.18 Å². The molecule has 37 heavy (non-hydrogen) atoms. The summed E-state index contributed by atoms with van der Waals surface area (Å²) < 4.78 is 16.8. The first-order valence-electron chi connectivity index (χ1n) is 12.7. The maximum Gasteiger partial charge on any atom is 0.232 e. The fraction of sp³-hybridized carbons (Fsp3) is 0.276. The van der Waals surface area contributed by atoms with E-state index in [9.17, 15) is 9.18 Å². The third-order valence-corrected chi connectivity index (χ3v) is 7.58. The second-order valence-corrected chi connectivity index (χ2v) is 10.1. The number of likely N-dealkylation sites (tertiary alicyclic amines) is 1. The molecule has 4 aromatic rings. The van der Waals surface area contributed by atoms with Crippen molar-refractivity contribution in [3.05, 3.63) is 94.8 Å². The smallest absolute Gasteiger partial charge is 0.232 e. The quantitative estimate of drug-likeness (QED) is 0.301. The van der Waals surface area contributed by atoms with Gasteiger partial charge in [0.05, 0.1) is 12.1 Å². The maximum absolute atomic E-state index is 14.9. The summed E-state index contributed by atoms with van der Waals surface area (Å²) in [4.78, 5) is 16.3. The van der Waals surface area contributed by atoms with Gasteiger partial charge in [0.1, 0.15) is 5.82 Å². The van der Waals surface area contributed by atoms with Crippen LogP contribution in [0, 0.1) is 5.82 Å². The minimum Gasteiger partial charge on any atom is -0.343 e. The number of halogens is 2. The molecule has 1 fully saturated rings. The highest BCUT2D eigenvalue weighted by atomic mass is 35.5. The van der Waals surface area contributed by atoms with Gasteiger partial charge in [-0.3, -0.25) is 9.36 Å². The Bertz CT molecular complexity index is 1440. The van der Waals surface area contributed by atoms with E-state index in [1.165, 1.54) is 11.6 Å². The molecular formula is C29H27ClFN5O. The van der Waals surface area contributed by atoms with Gasteiger partial charge in [0.2, 0.25) is 11.9 Å². The molecule has 3 aromatic carbocycles. The van der Waals surface area contributed by atoms with Gasteiger partial charge in [0, 0.05) is 42.7 Å². The molecule has 1 saturated heterocycles. The second-order valence-electron chi connectivity index (χ2n) is 9.66. The Morgan fingerprint density at radius 2 is 1.76 bits per heavy atom. The Balaban J connectivity index is 1.37. The summed E-state index contributed by atoms with van der Waals surface area (Å²) in [5, 5.41) is 9.73. The van der Waals surface area contributed by atoms with Crippen LogP contribution in [0.2, 0.25) is 5.02 Å². The number of carbonyl (C=O) groups excluding carboxylic acids is 1. The van der Waals surface area contributed by atoms with Crippen molar-refractivity contribution in [3.8, 4) is 11.4 Å². The summed E-state index contributed by atoms with van der Waals surface area (Å²) in [5.74, 6) is 1.31. The molecule has 188 valence electrons. The van der Waals surface area contributed by atoms with Crippen molar-refractivity contribution in [1.29, 1.82) is 0 Å². The zero-order valence-corrected chi connectivity index (χ0v) is 21.1. The van der Waals surface area contributed by atoms with Gasteiger partial charge in [-0.05, 0) is 54.3 Å². The molecule has 1 unspecified atom stereocenters. The molecule has 0 aliphatic carbocycles. The summed E-state index contributed by atoms with van der Waals surface area (Å²) in [6.45, 7) is 2.79. The van der Waals surface area contributed by atoms with E-state index < -0.39 is 0 Å². The van der Waals surface area contributed by atoms with Gasteiger partial charge in [0.15, 0.2) is 5.82 Å². The van der Waals surface area contributed by atoms with Crippen LogP contribution >= 0.6 is 11.6 Å². The molecule has 3 heterocycles. The van der Waals surface area contributed by atoms with Crippen LogP contribution in [-0.2, 0) is 11.3 Å². The molecular weight excluding hydrogens is 489 g/mol. The van der Waals surface area contributed by atoms with Gasteiger partial charge in [-0.25, -0.2) is 4.39 Å². The highest BCUT2D eigenvalue weighted by molar-refractivity contribution is 6.30. The van der Waals surface area contributed by atoms with E-state index in [0.29, 0.717) is 35.3 Å². The molecule has 0 N–H and O–H groups in total. The van der Waals surface area contributed by atoms with E-state index in [4.69, 9.17) is 11.6 Å². The molecule has 0 radical (unpaired) electrons. The number of rotatable bonds is 7. The average molecular weight is 516 g/mol. The highest BCUT2D eigenvalue weighted by Gasteiger charge is 2.34. The number of benzene rings is 3. The standard InChI is InChI=1S/C29H27ClFN5O/c30-22-13-11-20(12-14-22)18-36-28(24-7-1-3-8-25(24)31)32-33-29(36)35-19-21(23-6-2-4-9-26(23)35)15-17-34-16-5-10-27(34)37/h1-4,6-9,11-14,21H,5,10,15-19H2. The zero-order valence-electron chi connectivity index (χ0n) is 20.4. The van der Waals surface area contributed by atoms with Crippen LogP contribution in [0.3, 0.4) is 0 Å². The lowest BCUT2D eigenvalue weighted by Crippen LogP contribution is -2.28. The third-order valence-electron chi connectivity index (χ3n) is 7.33. The zero-order chi connectivity index (χ0) is 25.4. The molecule has 0 spiro atoms. The van der Waals surface area contributed by atoms with E-state index in [-0.39, 0.29) is 17.6 Å². The van der Waals surface area contributed by atoms with Crippen LogP contribution in [0.15, 0.2) is 72.8 Å². The van der Waals surface area contributed by atoms with E-state index in [2.05, 4.69) is 33.3 Å². The topological polar surface area (TPSA) is 54.3 Å². The SMILES string of the molecule is O=C1CCCN1CCC1CN(c2nnc(-c3ccccc3F)n2Cc2ccc(Cl)cc2)c2ccccc21. The van der Waals surface area contributed by atoms with Gasteiger partial charge in [-0.1, -0.05) is 54.1 Å². The van der Waals surface area contributed by atoms with E-state index in [1.807, 2.05) is 39.8 Å². The van der Waals surface area contributed by atoms with Crippen LogP contribution in [0.4, 0.5) is 16.0 Å². The van der Waals surface area contributed by atoms with Crippen molar-refractivity contribution in [1.82, 2.24) is 19.7 Å². The summed E-state index contributed by atoms with van der Waals surface area (Å²) >= 11 is 6.12. The minimum atomic E-state index is -0.339. The van der Waals surface area contributed by atoms with Crippen LogP contribution in [-0.4, -0.2) is 45.2 Å². The molecule has 0 bridgehead atoms. The first-order chi connectivity index (χ1) is 18.1. The molecule has 6 nitrogen and oxygen atoms in total. The fourth-order valence-electron chi connectivity index (χ4n) is 5.44. The molecule has 1 amide bonds. The summed E-state index contributed by atoms with van der Waals surface area (Å²) in [6, 6.07) is 22.6. The average Bonchev–Trinajstić information content (AvgIpc) is 3.61. The Morgan fingerprint density at radius 3 is 2.54 bits per heavy atom. The van der Waals surface area contributed by atoms with Crippen LogP contribution in [0.5, 0.6) is 0 Å². The van der Waals surface area contributed by atoms with Crippen molar-refractivity contribution >= 4 is 29.1 Å². The normalized spacial score (nSPS) is 17.0. The summed E-state index contributed by atoms with van der Waals surface area (Å²) in [7, 11) is 0. The fourth-order valence-corrected chi connectivity index (χ4v) is 5.56. The molecule has 1 aromatic heterocycles. The first-order valence-corrected chi connectivity index (χ1v) is 13.0. The number of hydrogen-bond donors (Lipinski definition) is 0. The third kappa shape index (κ3) is 4.60. The van der Waals surface area contributed by atoms with Crippen molar-refractivity contribution in [2.45, 2.75) is 31.7 Å². The van der Waals surface area contributed by atoms with Gasteiger partial charge in [-0.15, -0.1) is 10.2 Å². The van der Waals surface area contributed by atoms with E-state index in [0.717, 1.165) is 43.7 Å². The molecule has 8 heteroatoms. The number of nitrogens with zero attached hydrogens (tertiary/aromatic N) is 5. The van der Waals surface area contributed by atoms with Crippen LogP contribution in [0.25, 0.3) is 11.4 Å². The maximum atomic E-state index is 14.9. The number of hydrogen-bond acceptors (Lipinski definition) is 4. The second kappa shape index (κ2) is 9.98. The predicted octanol–water partition coefficient (Wildman–Crippen LogP) is 6.03. The lowest BCUT2D eigenvalue weighted by atomic mass is 9.98. The lowest BCUT2D eigenvalue weighted by Gasteiger charge is -2.22. The van der Waals surface area contributed by atoms with Crippen molar-refractivity contribution in [2.75, 3.05) is 24.5 Å². The molecule has 2 aliphatic rings. The van der Waals surface area contributed by atoms with Crippen molar-refractivity contribution in [2.24, 2.45) is 0 Å². The number of fused-ring (bicyclic) bond motifs is 1. The van der Waals surface area contributed by atoms with Gasteiger partial charge >= 0.3 is 0 Å². The summed E-state index contributed by atoms with van der Waals surface area (Å²) in [6.07, 6.45) is 2.48. The van der Waals surface area contributed by atoms with Crippen LogP contribution < -0.4 is 4.90 Å². The number of amides is 1. The Hall–Kier alpha value is -3.71. The Morgan fingerprint density at radius 1 is 0.973 bits per heavy atom. The van der Waals surface area contributed by atoms with Crippen molar-refractivity contribution in [3.63, 3.8) is 0 Å². The number of aromatic nitrogens is 3. The van der Waals surface area contributed by atoms with Gasteiger partial charge in [0.25, 0.3) is 0 Å². The van der Waals surface area contributed by atoms with E-state index >= 15 is 0 Å².